The molecular weight excluding hydrogens is 292 g/mol. The highest BCUT2D eigenvalue weighted by Gasteiger charge is 2.37. The lowest BCUT2D eigenvalue weighted by atomic mass is 10.1. The number of carboxylic acid groups (broad SMARTS) is 1. The number of aromatic carboxylic acids is 1. The zero-order valence-electron chi connectivity index (χ0n) is 11.2. The number of anilines is 1. The minimum atomic E-state index is -0.971. The molecule has 2 saturated heterocycles. The molecule has 0 radical (unpaired) electrons. The fraction of sp³-hybridized carbons (Fsp3) is 0.462. The Morgan fingerprint density at radius 3 is 3.10 bits per heavy atom. The maximum absolute atomic E-state index is 11.7. The van der Waals surface area contributed by atoms with E-state index in [9.17, 15) is 14.7 Å². The van der Waals surface area contributed by atoms with Crippen molar-refractivity contribution < 1.29 is 14.7 Å². The van der Waals surface area contributed by atoms with Crippen molar-refractivity contribution in [2.75, 3.05) is 24.5 Å². The van der Waals surface area contributed by atoms with Crippen LogP contribution in [0.3, 0.4) is 0 Å². The molecule has 2 aromatic heterocycles. The van der Waals surface area contributed by atoms with Crippen LogP contribution in [0.25, 0.3) is 4.96 Å². The number of piperazine rings is 1. The summed E-state index contributed by atoms with van der Waals surface area (Å²) in [4.78, 5) is 32.4. The van der Waals surface area contributed by atoms with E-state index in [0.29, 0.717) is 36.8 Å². The number of rotatable bonds is 2. The highest BCUT2D eigenvalue weighted by molar-refractivity contribution is 7.15. The molecule has 2 aromatic rings. The Kier molecular flexibility index (Phi) is 2.68. The van der Waals surface area contributed by atoms with Crippen LogP contribution >= 0.6 is 11.3 Å². The molecular formula is C13H14N4O3S. The maximum Gasteiger partial charge on any atom is 0.356 e. The Morgan fingerprint density at radius 2 is 2.29 bits per heavy atom. The first kappa shape index (κ1) is 12.6. The largest absolute Gasteiger partial charge is 0.476 e. The van der Waals surface area contributed by atoms with Crippen molar-refractivity contribution in [1.82, 2.24) is 14.3 Å². The van der Waals surface area contributed by atoms with Gasteiger partial charge in [-0.15, -0.1) is 11.3 Å². The van der Waals surface area contributed by atoms with Crippen molar-refractivity contribution in [2.24, 2.45) is 0 Å². The Labute approximate surface area is 124 Å². The van der Waals surface area contributed by atoms with Crippen LogP contribution in [0.4, 0.5) is 5.82 Å². The number of hydrogen-bond acceptors (Lipinski definition) is 5. The molecule has 0 saturated carbocycles. The number of hydrogen-bond donors (Lipinski definition) is 1. The van der Waals surface area contributed by atoms with E-state index in [1.54, 1.807) is 10.6 Å². The van der Waals surface area contributed by atoms with Crippen molar-refractivity contribution in [3.05, 3.63) is 17.3 Å². The van der Waals surface area contributed by atoms with Gasteiger partial charge in [-0.05, 0) is 6.42 Å². The van der Waals surface area contributed by atoms with Crippen LogP contribution in [0, 0.1) is 0 Å². The van der Waals surface area contributed by atoms with Gasteiger partial charge in [-0.3, -0.25) is 9.20 Å². The zero-order valence-corrected chi connectivity index (χ0v) is 12.0. The summed E-state index contributed by atoms with van der Waals surface area (Å²) in [5.74, 6) is -0.238. The van der Waals surface area contributed by atoms with Gasteiger partial charge < -0.3 is 14.9 Å². The summed E-state index contributed by atoms with van der Waals surface area (Å²) in [7, 11) is 0. The van der Waals surface area contributed by atoms with Gasteiger partial charge in [0.05, 0.1) is 0 Å². The van der Waals surface area contributed by atoms with Crippen molar-refractivity contribution >= 4 is 34.0 Å². The van der Waals surface area contributed by atoms with E-state index in [-0.39, 0.29) is 17.6 Å². The molecule has 4 rings (SSSR count). The predicted octanol–water partition coefficient (Wildman–Crippen LogP) is 0.905. The van der Waals surface area contributed by atoms with E-state index in [1.807, 2.05) is 15.2 Å². The van der Waals surface area contributed by atoms with E-state index >= 15 is 0 Å². The normalized spacial score (nSPS) is 22.1. The Bertz CT molecular complexity index is 737. The second-order valence-corrected chi connectivity index (χ2v) is 6.24. The molecule has 1 unspecified atom stereocenters. The number of carboxylic acids is 1. The molecule has 2 fully saturated rings. The monoisotopic (exact) mass is 306 g/mol. The second kappa shape index (κ2) is 4.45. The SMILES string of the molecule is O=C(O)c1c(N2CCN3C(=O)CCC3C2)nc2sccn12. The van der Waals surface area contributed by atoms with Crippen LogP contribution in [0.1, 0.15) is 23.3 Å². The summed E-state index contributed by atoms with van der Waals surface area (Å²) in [5.41, 5.74) is 0.212. The predicted molar refractivity (Wildman–Crippen MR) is 77.0 cm³/mol. The van der Waals surface area contributed by atoms with Crippen molar-refractivity contribution in [2.45, 2.75) is 18.9 Å². The molecule has 2 aliphatic rings. The lowest BCUT2D eigenvalue weighted by Gasteiger charge is -2.37. The molecule has 1 atom stereocenters. The molecule has 0 aromatic carbocycles. The highest BCUT2D eigenvalue weighted by Crippen LogP contribution is 2.29. The van der Waals surface area contributed by atoms with E-state index in [1.165, 1.54) is 11.3 Å². The minimum Gasteiger partial charge on any atom is -0.476 e. The number of aromatic nitrogens is 2. The smallest absolute Gasteiger partial charge is 0.356 e. The summed E-state index contributed by atoms with van der Waals surface area (Å²) >= 11 is 1.42. The first-order chi connectivity index (χ1) is 10.1. The van der Waals surface area contributed by atoms with Crippen molar-refractivity contribution in [1.29, 1.82) is 0 Å². The van der Waals surface area contributed by atoms with Crippen LogP contribution in [0.5, 0.6) is 0 Å². The van der Waals surface area contributed by atoms with Crippen LogP contribution in [-0.2, 0) is 4.79 Å². The molecule has 1 N–H and O–H groups in total. The van der Waals surface area contributed by atoms with Gasteiger partial charge in [0, 0.05) is 43.7 Å². The topological polar surface area (TPSA) is 78.2 Å². The van der Waals surface area contributed by atoms with Gasteiger partial charge in [-0.2, -0.15) is 0 Å². The van der Waals surface area contributed by atoms with Crippen LogP contribution in [-0.4, -0.2) is 56.9 Å². The Balaban J connectivity index is 1.70. The molecule has 4 heterocycles. The van der Waals surface area contributed by atoms with Gasteiger partial charge in [0.15, 0.2) is 16.5 Å². The van der Waals surface area contributed by atoms with E-state index in [2.05, 4.69) is 4.98 Å². The van der Waals surface area contributed by atoms with Gasteiger partial charge in [0.1, 0.15) is 0 Å². The summed E-state index contributed by atoms with van der Waals surface area (Å²) in [5, 5.41) is 11.3. The van der Waals surface area contributed by atoms with Crippen molar-refractivity contribution in [3.8, 4) is 0 Å². The van der Waals surface area contributed by atoms with Crippen LogP contribution in [0.15, 0.2) is 11.6 Å². The molecule has 0 aliphatic carbocycles. The van der Waals surface area contributed by atoms with Crippen LogP contribution < -0.4 is 4.90 Å². The lowest BCUT2D eigenvalue weighted by Crippen LogP contribution is -2.52. The summed E-state index contributed by atoms with van der Waals surface area (Å²) in [6.07, 6.45) is 3.18. The molecule has 7 nitrogen and oxygen atoms in total. The number of nitrogens with zero attached hydrogens (tertiary/aromatic N) is 4. The first-order valence-electron chi connectivity index (χ1n) is 6.88. The Hall–Kier alpha value is -2.09. The number of carbonyl (C=O) groups excluding carboxylic acids is 1. The molecule has 8 heteroatoms. The van der Waals surface area contributed by atoms with E-state index < -0.39 is 5.97 Å². The second-order valence-electron chi connectivity index (χ2n) is 5.37. The average Bonchev–Trinajstić information content (AvgIpc) is 3.12. The Morgan fingerprint density at radius 1 is 1.43 bits per heavy atom. The summed E-state index contributed by atoms with van der Waals surface area (Å²) < 4.78 is 1.62. The highest BCUT2D eigenvalue weighted by atomic mass is 32.1. The molecule has 21 heavy (non-hydrogen) atoms. The number of imidazole rings is 1. The number of amides is 1. The molecule has 2 aliphatic heterocycles. The number of fused-ring (bicyclic) bond motifs is 2. The third-order valence-electron chi connectivity index (χ3n) is 4.24. The molecule has 0 bridgehead atoms. The third kappa shape index (κ3) is 1.82. The molecule has 110 valence electrons. The van der Waals surface area contributed by atoms with Gasteiger partial charge in [0.25, 0.3) is 0 Å². The average molecular weight is 306 g/mol. The minimum absolute atomic E-state index is 0.188. The molecule has 1 amide bonds. The summed E-state index contributed by atoms with van der Waals surface area (Å²) in [6.45, 7) is 1.94. The van der Waals surface area contributed by atoms with Gasteiger partial charge >= 0.3 is 5.97 Å². The van der Waals surface area contributed by atoms with Gasteiger partial charge in [0.2, 0.25) is 5.91 Å². The standard InChI is InChI=1S/C13H14N4O3S/c18-9-2-1-8-7-15(3-4-16(8)9)11-10(12(19)20)17-5-6-21-13(17)14-11/h5-6,8H,1-4,7H2,(H,19,20). The number of thiazole rings is 1. The zero-order chi connectivity index (χ0) is 14.6. The quantitative estimate of drug-likeness (QED) is 0.892. The molecule has 0 spiro atoms. The fourth-order valence-corrected chi connectivity index (χ4v) is 3.96. The van der Waals surface area contributed by atoms with E-state index in [0.717, 1.165) is 6.42 Å². The summed E-state index contributed by atoms with van der Waals surface area (Å²) in [6, 6.07) is 0.188. The van der Waals surface area contributed by atoms with E-state index in [4.69, 9.17) is 0 Å². The fourth-order valence-electron chi connectivity index (χ4n) is 3.25. The van der Waals surface area contributed by atoms with Gasteiger partial charge in [-0.25, -0.2) is 9.78 Å². The van der Waals surface area contributed by atoms with Crippen molar-refractivity contribution in [3.63, 3.8) is 0 Å². The third-order valence-corrected chi connectivity index (χ3v) is 5.00. The van der Waals surface area contributed by atoms with Gasteiger partial charge in [-0.1, -0.05) is 0 Å². The van der Waals surface area contributed by atoms with Crippen LogP contribution in [0.2, 0.25) is 0 Å². The first-order valence-corrected chi connectivity index (χ1v) is 7.76. The maximum atomic E-state index is 11.7. The lowest BCUT2D eigenvalue weighted by molar-refractivity contribution is -0.129. The number of carbonyl (C=O) groups is 2.